The van der Waals surface area contributed by atoms with Crippen molar-refractivity contribution in [2.45, 2.75) is 26.7 Å². The highest BCUT2D eigenvalue weighted by Gasteiger charge is 2.12. The molecule has 76 valence electrons. The number of hydrogen-bond donors (Lipinski definition) is 0. The number of hydrogen-bond acceptors (Lipinski definition) is 1. The van der Waals surface area contributed by atoms with Crippen molar-refractivity contribution in [2.24, 2.45) is 0 Å². The Labute approximate surface area is 81.7 Å². The van der Waals surface area contributed by atoms with E-state index in [9.17, 15) is 13.6 Å². The second kappa shape index (κ2) is 4.31. The van der Waals surface area contributed by atoms with Gasteiger partial charge in [-0.05, 0) is 18.1 Å². The van der Waals surface area contributed by atoms with E-state index < -0.39 is 11.6 Å². The van der Waals surface area contributed by atoms with E-state index in [4.69, 9.17) is 0 Å². The second-order valence-corrected chi connectivity index (χ2v) is 3.24. The van der Waals surface area contributed by atoms with Crippen LogP contribution in [-0.2, 0) is 11.2 Å². The van der Waals surface area contributed by atoms with Crippen LogP contribution in [0.25, 0.3) is 0 Å². The number of benzene rings is 1. The van der Waals surface area contributed by atoms with Gasteiger partial charge in [0.15, 0.2) is 11.6 Å². The third-order valence-electron chi connectivity index (χ3n) is 2.14. The van der Waals surface area contributed by atoms with Gasteiger partial charge >= 0.3 is 0 Å². The van der Waals surface area contributed by atoms with Crippen LogP contribution in [0.3, 0.4) is 0 Å². The maximum absolute atomic E-state index is 13.2. The molecule has 0 radical (unpaired) electrons. The average molecular weight is 198 g/mol. The Morgan fingerprint density at radius 3 is 2.50 bits per heavy atom. The zero-order chi connectivity index (χ0) is 10.7. The second-order valence-electron chi connectivity index (χ2n) is 3.24. The predicted octanol–water partition coefficient (Wildman–Crippen LogP) is 2.79. The Bertz CT molecular complexity index is 359. The molecule has 0 amide bonds. The fourth-order valence-corrected chi connectivity index (χ4v) is 1.16. The van der Waals surface area contributed by atoms with E-state index in [-0.39, 0.29) is 23.3 Å². The lowest BCUT2D eigenvalue weighted by Crippen LogP contribution is -2.04. The SMILES string of the molecule is CCC(=O)Cc1ccc(C)c(F)c1F. The highest BCUT2D eigenvalue weighted by Crippen LogP contribution is 2.16. The van der Waals surface area contributed by atoms with Gasteiger partial charge in [0.25, 0.3) is 0 Å². The van der Waals surface area contributed by atoms with Crippen molar-refractivity contribution < 1.29 is 13.6 Å². The molecule has 3 heteroatoms. The summed E-state index contributed by atoms with van der Waals surface area (Å²) >= 11 is 0. The van der Waals surface area contributed by atoms with Crippen LogP contribution in [0.1, 0.15) is 24.5 Å². The quantitative estimate of drug-likeness (QED) is 0.729. The third-order valence-corrected chi connectivity index (χ3v) is 2.14. The molecule has 0 spiro atoms. The van der Waals surface area contributed by atoms with Gasteiger partial charge in [-0.1, -0.05) is 19.1 Å². The first-order valence-corrected chi connectivity index (χ1v) is 4.51. The van der Waals surface area contributed by atoms with E-state index >= 15 is 0 Å². The van der Waals surface area contributed by atoms with Crippen LogP contribution >= 0.6 is 0 Å². The molecule has 0 bridgehead atoms. The zero-order valence-corrected chi connectivity index (χ0v) is 8.23. The number of halogens is 2. The lowest BCUT2D eigenvalue weighted by atomic mass is 10.0. The molecule has 0 unspecified atom stereocenters. The minimum atomic E-state index is -0.896. The minimum Gasteiger partial charge on any atom is -0.299 e. The van der Waals surface area contributed by atoms with Gasteiger partial charge in [0.2, 0.25) is 0 Å². The number of Topliss-reactive ketones (excluding diaryl/α,β-unsaturated/α-hetero) is 1. The van der Waals surface area contributed by atoms with Crippen molar-refractivity contribution in [2.75, 3.05) is 0 Å². The van der Waals surface area contributed by atoms with E-state index in [0.29, 0.717) is 6.42 Å². The van der Waals surface area contributed by atoms with Crippen molar-refractivity contribution in [3.8, 4) is 0 Å². The number of aryl methyl sites for hydroxylation is 1. The largest absolute Gasteiger partial charge is 0.299 e. The Balaban J connectivity index is 3.00. The molecule has 1 rings (SSSR count). The topological polar surface area (TPSA) is 17.1 Å². The van der Waals surface area contributed by atoms with Crippen molar-refractivity contribution in [1.29, 1.82) is 0 Å². The molecule has 0 fully saturated rings. The van der Waals surface area contributed by atoms with E-state index in [0.717, 1.165) is 0 Å². The van der Waals surface area contributed by atoms with Crippen LogP contribution in [0.5, 0.6) is 0 Å². The molecule has 0 saturated heterocycles. The number of rotatable bonds is 3. The summed E-state index contributed by atoms with van der Waals surface area (Å²) in [7, 11) is 0. The van der Waals surface area contributed by atoms with Crippen LogP contribution in [0, 0.1) is 18.6 Å². The van der Waals surface area contributed by atoms with Crippen LogP contribution < -0.4 is 0 Å². The molecule has 0 N–H and O–H groups in total. The predicted molar refractivity (Wildman–Crippen MR) is 50.1 cm³/mol. The molecule has 0 saturated carbocycles. The monoisotopic (exact) mass is 198 g/mol. The van der Waals surface area contributed by atoms with Crippen LogP contribution in [0.15, 0.2) is 12.1 Å². The molecular formula is C11H12F2O. The molecule has 1 aromatic rings. The van der Waals surface area contributed by atoms with Gasteiger partial charge in [-0.3, -0.25) is 4.79 Å². The first-order valence-electron chi connectivity index (χ1n) is 4.51. The molecule has 0 atom stereocenters. The molecule has 0 aliphatic carbocycles. The number of carbonyl (C=O) groups is 1. The minimum absolute atomic E-state index is 0.0282. The van der Waals surface area contributed by atoms with Gasteiger partial charge < -0.3 is 0 Å². The maximum atomic E-state index is 13.2. The summed E-state index contributed by atoms with van der Waals surface area (Å²) in [5.41, 5.74) is 0.398. The fraction of sp³-hybridized carbons (Fsp3) is 0.364. The normalized spacial score (nSPS) is 10.3. The van der Waals surface area contributed by atoms with E-state index in [1.165, 1.54) is 19.1 Å². The van der Waals surface area contributed by atoms with Gasteiger partial charge in [0, 0.05) is 12.8 Å². The van der Waals surface area contributed by atoms with Crippen molar-refractivity contribution in [1.82, 2.24) is 0 Å². The Morgan fingerprint density at radius 2 is 1.93 bits per heavy atom. The third kappa shape index (κ3) is 2.16. The van der Waals surface area contributed by atoms with Crippen LogP contribution in [0.4, 0.5) is 8.78 Å². The Morgan fingerprint density at radius 1 is 1.29 bits per heavy atom. The summed E-state index contributed by atoms with van der Waals surface area (Å²) in [5, 5.41) is 0. The summed E-state index contributed by atoms with van der Waals surface area (Å²) in [4.78, 5) is 11.0. The molecule has 1 nitrogen and oxygen atoms in total. The molecule has 0 aromatic heterocycles. The van der Waals surface area contributed by atoms with Gasteiger partial charge in [0.05, 0.1) is 0 Å². The first kappa shape index (κ1) is 10.8. The van der Waals surface area contributed by atoms with E-state index in [1.807, 2.05) is 0 Å². The lowest BCUT2D eigenvalue weighted by Gasteiger charge is -2.04. The van der Waals surface area contributed by atoms with Crippen molar-refractivity contribution in [3.05, 3.63) is 34.9 Å². The summed E-state index contributed by atoms with van der Waals surface area (Å²) in [5.74, 6) is -1.84. The number of carbonyl (C=O) groups excluding carboxylic acids is 1. The zero-order valence-electron chi connectivity index (χ0n) is 8.23. The maximum Gasteiger partial charge on any atom is 0.162 e. The number of ketones is 1. The van der Waals surface area contributed by atoms with E-state index in [2.05, 4.69) is 0 Å². The molecule has 14 heavy (non-hydrogen) atoms. The molecular weight excluding hydrogens is 186 g/mol. The fourth-order valence-electron chi connectivity index (χ4n) is 1.16. The van der Waals surface area contributed by atoms with Gasteiger partial charge in [0.1, 0.15) is 5.78 Å². The molecule has 1 aromatic carbocycles. The van der Waals surface area contributed by atoms with Gasteiger partial charge in [-0.15, -0.1) is 0 Å². The smallest absolute Gasteiger partial charge is 0.162 e. The first-order chi connectivity index (χ1) is 6.56. The Kier molecular flexibility index (Phi) is 3.33. The van der Waals surface area contributed by atoms with Gasteiger partial charge in [-0.25, -0.2) is 8.78 Å². The molecule has 0 aliphatic rings. The molecule has 0 aliphatic heterocycles. The average Bonchev–Trinajstić information content (AvgIpc) is 2.19. The molecule has 0 heterocycles. The highest BCUT2D eigenvalue weighted by molar-refractivity contribution is 5.80. The van der Waals surface area contributed by atoms with Crippen LogP contribution in [-0.4, -0.2) is 5.78 Å². The van der Waals surface area contributed by atoms with Gasteiger partial charge in [-0.2, -0.15) is 0 Å². The lowest BCUT2D eigenvalue weighted by molar-refractivity contribution is -0.118. The highest BCUT2D eigenvalue weighted by atomic mass is 19.2. The van der Waals surface area contributed by atoms with Crippen molar-refractivity contribution in [3.63, 3.8) is 0 Å². The van der Waals surface area contributed by atoms with Crippen molar-refractivity contribution >= 4 is 5.78 Å². The van der Waals surface area contributed by atoms with E-state index in [1.54, 1.807) is 6.92 Å². The summed E-state index contributed by atoms with van der Waals surface area (Å²) in [6.07, 6.45) is 0.314. The summed E-state index contributed by atoms with van der Waals surface area (Å²) in [6, 6.07) is 2.94. The summed E-state index contributed by atoms with van der Waals surface area (Å²) in [6.45, 7) is 3.19. The Hall–Kier alpha value is -1.25. The standard InChI is InChI=1S/C11H12F2O/c1-3-9(14)6-8-5-4-7(2)10(12)11(8)13/h4-5H,3,6H2,1-2H3. The van der Waals surface area contributed by atoms with Crippen LogP contribution in [0.2, 0.25) is 0 Å². The summed E-state index contributed by atoms with van der Waals surface area (Å²) < 4.78 is 26.3.